The van der Waals surface area contributed by atoms with Crippen molar-refractivity contribution in [1.29, 1.82) is 0 Å². The van der Waals surface area contributed by atoms with Crippen LogP contribution in [0.3, 0.4) is 0 Å². The van der Waals surface area contributed by atoms with Gasteiger partial charge in [-0.15, -0.1) is 0 Å². The van der Waals surface area contributed by atoms with E-state index in [4.69, 9.17) is 11.6 Å². The van der Waals surface area contributed by atoms with E-state index in [0.717, 1.165) is 27.7 Å². The largest absolute Gasteiger partial charge is 0.309 e. The third-order valence-electron chi connectivity index (χ3n) is 2.74. The lowest BCUT2D eigenvalue weighted by Gasteiger charge is -2.17. The summed E-state index contributed by atoms with van der Waals surface area (Å²) < 4.78 is 1.04. The fraction of sp³-hybridized carbons (Fsp3) is 0.500. The monoisotopic (exact) mass is 319 g/mol. The Morgan fingerprint density at radius 2 is 2.25 bits per heavy atom. The van der Waals surface area contributed by atoms with Crippen LogP contribution in [-0.4, -0.2) is 18.1 Å². The minimum Gasteiger partial charge on any atom is -0.309 e. The number of hydrogen-bond donors (Lipinski definition) is 1. The van der Waals surface area contributed by atoms with E-state index >= 15 is 0 Å². The standard InChI is InChI=1S/C12H15BrClNS/c1-8-5-15-12(7-16-6-8)10-3-2-9(13)4-11(10)14/h2-4,8,12,15H,5-7H2,1H3. The molecule has 16 heavy (non-hydrogen) atoms. The first-order chi connectivity index (χ1) is 7.66. The maximum atomic E-state index is 6.27. The summed E-state index contributed by atoms with van der Waals surface area (Å²) in [6.45, 7) is 3.36. The van der Waals surface area contributed by atoms with Gasteiger partial charge in [0.05, 0.1) is 0 Å². The van der Waals surface area contributed by atoms with Crippen LogP contribution in [0, 0.1) is 5.92 Å². The molecule has 0 amide bonds. The quantitative estimate of drug-likeness (QED) is 0.835. The molecule has 1 heterocycles. The fourth-order valence-corrected chi connectivity index (χ4v) is 3.83. The van der Waals surface area contributed by atoms with Crippen LogP contribution in [0.25, 0.3) is 0 Å². The van der Waals surface area contributed by atoms with E-state index in [1.165, 1.54) is 11.3 Å². The SMILES string of the molecule is CC1CNC(c2ccc(Br)cc2Cl)CSC1. The summed E-state index contributed by atoms with van der Waals surface area (Å²) in [5.41, 5.74) is 1.21. The number of thioether (sulfide) groups is 1. The Hall–Kier alpha value is 0.300. The third-order valence-corrected chi connectivity index (χ3v) is 4.93. The Morgan fingerprint density at radius 1 is 1.44 bits per heavy atom. The minimum absolute atomic E-state index is 0.385. The molecule has 1 aliphatic rings. The van der Waals surface area contributed by atoms with E-state index in [2.05, 4.69) is 40.3 Å². The van der Waals surface area contributed by atoms with Crippen molar-refractivity contribution in [3.8, 4) is 0 Å². The van der Waals surface area contributed by atoms with Crippen molar-refractivity contribution >= 4 is 39.3 Å². The molecule has 1 fully saturated rings. The Kier molecular flexibility index (Phi) is 4.59. The predicted molar refractivity (Wildman–Crippen MR) is 76.4 cm³/mol. The molecule has 1 aromatic carbocycles. The molecular weight excluding hydrogens is 306 g/mol. The normalized spacial score (nSPS) is 26.4. The maximum absolute atomic E-state index is 6.27. The van der Waals surface area contributed by atoms with Gasteiger partial charge in [-0.1, -0.05) is 40.5 Å². The summed E-state index contributed by atoms with van der Waals surface area (Å²) in [5.74, 6) is 3.08. The highest BCUT2D eigenvalue weighted by Gasteiger charge is 2.19. The number of benzene rings is 1. The summed E-state index contributed by atoms with van der Waals surface area (Å²) in [4.78, 5) is 0. The summed E-state index contributed by atoms with van der Waals surface area (Å²) >= 11 is 11.7. The highest BCUT2D eigenvalue weighted by atomic mass is 79.9. The molecule has 1 aliphatic heterocycles. The highest BCUT2D eigenvalue weighted by Crippen LogP contribution is 2.30. The molecule has 1 N–H and O–H groups in total. The second kappa shape index (κ2) is 5.76. The van der Waals surface area contributed by atoms with Crippen LogP contribution in [0.2, 0.25) is 5.02 Å². The Morgan fingerprint density at radius 3 is 3.00 bits per heavy atom. The van der Waals surface area contributed by atoms with Crippen molar-refractivity contribution in [2.24, 2.45) is 5.92 Å². The molecule has 2 rings (SSSR count). The summed E-state index contributed by atoms with van der Waals surface area (Å²) in [5, 5.41) is 4.44. The lowest BCUT2D eigenvalue weighted by Crippen LogP contribution is -2.25. The van der Waals surface area contributed by atoms with Crippen LogP contribution in [0.1, 0.15) is 18.5 Å². The molecular formula is C12H15BrClNS. The van der Waals surface area contributed by atoms with Gasteiger partial charge in [-0.25, -0.2) is 0 Å². The lowest BCUT2D eigenvalue weighted by atomic mass is 10.1. The van der Waals surface area contributed by atoms with E-state index in [9.17, 15) is 0 Å². The minimum atomic E-state index is 0.385. The van der Waals surface area contributed by atoms with E-state index in [-0.39, 0.29) is 0 Å². The van der Waals surface area contributed by atoms with Crippen LogP contribution in [0.15, 0.2) is 22.7 Å². The predicted octanol–water partition coefficient (Wildman–Crippen LogP) is 4.12. The summed E-state index contributed by atoms with van der Waals surface area (Å²) in [6, 6.07) is 6.52. The van der Waals surface area contributed by atoms with Gasteiger partial charge in [0.15, 0.2) is 0 Å². The first kappa shape index (κ1) is 12.7. The molecule has 0 bridgehead atoms. The zero-order valence-corrected chi connectivity index (χ0v) is 12.3. The molecule has 0 radical (unpaired) electrons. The van der Waals surface area contributed by atoms with Crippen molar-refractivity contribution in [3.05, 3.63) is 33.3 Å². The molecule has 0 spiro atoms. The van der Waals surface area contributed by atoms with Crippen LogP contribution in [0.4, 0.5) is 0 Å². The number of halogens is 2. The van der Waals surface area contributed by atoms with Gasteiger partial charge in [0.1, 0.15) is 0 Å². The number of rotatable bonds is 1. The summed E-state index contributed by atoms with van der Waals surface area (Å²) in [6.07, 6.45) is 0. The number of hydrogen-bond acceptors (Lipinski definition) is 2. The maximum Gasteiger partial charge on any atom is 0.0465 e. The van der Waals surface area contributed by atoms with Gasteiger partial charge in [0.25, 0.3) is 0 Å². The zero-order valence-electron chi connectivity index (χ0n) is 9.17. The molecule has 88 valence electrons. The lowest BCUT2D eigenvalue weighted by molar-refractivity contribution is 0.518. The molecule has 0 aliphatic carbocycles. The molecule has 1 saturated heterocycles. The molecule has 2 unspecified atom stereocenters. The van der Waals surface area contributed by atoms with Crippen molar-refractivity contribution < 1.29 is 0 Å². The Bertz CT molecular complexity index is 372. The van der Waals surface area contributed by atoms with E-state index in [1.54, 1.807) is 0 Å². The van der Waals surface area contributed by atoms with Gasteiger partial charge in [-0.2, -0.15) is 11.8 Å². The Balaban J connectivity index is 2.16. The second-order valence-corrected chi connectivity index (χ2v) is 6.67. The van der Waals surface area contributed by atoms with E-state index in [0.29, 0.717) is 6.04 Å². The molecule has 4 heteroatoms. The van der Waals surface area contributed by atoms with Gasteiger partial charge in [-0.3, -0.25) is 0 Å². The van der Waals surface area contributed by atoms with Crippen molar-refractivity contribution in [2.75, 3.05) is 18.1 Å². The van der Waals surface area contributed by atoms with Crippen molar-refractivity contribution in [3.63, 3.8) is 0 Å². The average molecular weight is 321 g/mol. The molecule has 1 aromatic rings. The third kappa shape index (κ3) is 3.16. The van der Waals surface area contributed by atoms with Gasteiger partial charge < -0.3 is 5.32 Å². The van der Waals surface area contributed by atoms with Gasteiger partial charge >= 0.3 is 0 Å². The van der Waals surface area contributed by atoms with Crippen LogP contribution in [0.5, 0.6) is 0 Å². The average Bonchev–Trinajstić information content (AvgIpc) is 2.43. The van der Waals surface area contributed by atoms with E-state index in [1.807, 2.05) is 17.8 Å². The van der Waals surface area contributed by atoms with E-state index < -0.39 is 0 Å². The zero-order chi connectivity index (χ0) is 11.5. The first-order valence-corrected chi connectivity index (χ1v) is 7.75. The molecule has 0 saturated carbocycles. The second-order valence-electron chi connectivity index (χ2n) is 4.27. The fourth-order valence-electron chi connectivity index (χ4n) is 1.83. The first-order valence-electron chi connectivity index (χ1n) is 5.43. The molecule has 0 aromatic heterocycles. The topological polar surface area (TPSA) is 12.0 Å². The van der Waals surface area contributed by atoms with Crippen molar-refractivity contribution in [2.45, 2.75) is 13.0 Å². The Labute approximate surface area is 114 Å². The van der Waals surface area contributed by atoms with Crippen molar-refractivity contribution in [1.82, 2.24) is 5.32 Å². The highest BCUT2D eigenvalue weighted by molar-refractivity contribution is 9.10. The van der Waals surface area contributed by atoms with Gasteiger partial charge in [-0.05, 0) is 35.9 Å². The smallest absolute Gasteiger partial charge is 0.0465 e. The molecule has 2 atom stereocenters. The van der Waals surface area contributed by atoms with Crippen LogP contribution >= 0.6 is 39.3 Å². The number of nitrogens with one attached hydrogen (secondary N) is 1. The van der Waals surface area contributed by atoms with Gasteiger partial charge in [0.2, 0.25) is 0 Å². The van der Waals surface area contributed by atoms with Crippen LogP contribution in [-0.2, 0) is 0 Å². The molecule has 1 nitrogen and oxygen atoms in total. The van der Waals surface area contributed by atoms with Gasteiger partial charge in [0, 0.05) is 21.3 Å². The summed E-state index contributed by atoms with van der Waals surface area (Å²) in [7, 11) is 0. The van der Waals surface area contributed by atoms with Crippen LogP contribution < -0.4 is 5.32 Å².